The highest BCUT2D eigenvalue weighted by Crippen LogP contribution is 2.27. The zero-order chi connectivity index (χ0) is 22.6. The number of hydrogen-bond acceptors (Lipinski definition) is 5. The molecule has 5 aromatic rings. The van der Waals surface area contributed by atoms with Crippen molar-refractivity contribution in [1.29, 1.82) is 0 Å². The Morgan fingerprint density at radius 1 is 0.909 bits per heavy atom. The Hall–Kier alpha value is -3.96. The van der Waals surface area contributed by atoms with Gasteiger partial charge >= 0.3 is 0 Å². The van der Waals surface area contributed by atoms with Gasteiger partial charge in [-0.15, -0.1) is 10.2 Å². The second-order valence-electron chi connectivity index (χ2n) is 7.54. The van der Waals surface area contributed by atoms with E-state index in [1.165, 1.54) is 0 Å². The number of pyridine rings is 1. The third-order valence-electron chi connectivity index (χ3n) is 5.15. The van der Waals surface area contributed by atoms with Gasteiger partial charge in [0, 0.05) is 22.9 Å². The summed E-state index contributed by atoms with van der Waals surface area (Å²) < 4.78 is 11.6. The lowest BCUT2D eigenvalue weighted by molar-refractivity contribution is 0.302. The van der Waals surface area contributed by atoms with E-state index in [2.05, 4.69) is 21.2 Å². The lowest BCUT2D eigenvalue weighted by Gasteiger charge is -2.08. The molecule has 0 amide bonds. The normalized spacial score (nSPS) is 11.6. The SMILES string of the molecule is Cc1nnc(/C(=C\c2ccc(OCc3ccc4ccccc4n3)cc2)c2ccc(Cl)cc2)o1. The summed E-state index contributed by atoms with van der Waals surface area (Å²) in [5.74, 6) is 1.73. The van der Waals surface area contributed by atoms with E-state index in [1.54, 1.807) is 6.92 Å². The first-order valence-electron chi connectivity index (χ1n) is 10.5. The van der Waals surface area contributed by atoms with Crippen molar-refractivity contribution < 1.29 is 9.15 Å². The van der Waals surface area contributed by atoms with Gasteiger partial charge in [0.05, 0.1) is 11.2 Å². The molecule has 5 nitrogen and oxygen atoms in total. The lowest BCUT2D eigenvalue weighted by atomic mass is 10.0. The van der Waals surface area contributed by atoms with Crippen molar-refractivity contribution in [1.82, 2.24) is 15.2 Å². The Morgan fingerprint density at radius 2 is 1.70 bits per heavy atom. The summed E-state index contributed by atoms with van der Waals surface area (Å²) in [5, 5.41) is 9.95. The standard InChI is InChI=1S/C27H20ClN3O2/c1-18-30-31-27(33-18)25(20-8-11-22(28)12-9-20)16-19-6-14-24(15-7-19)32-17-23-13-10-21-4-2-3-5-26(21)29-23/h2-16H,17H2,1H3/b25-16-. The van der Waals surface area contributed by atoms with Gasteiger partial charge in [-0.1, -0.05) is 60.1 Å². The van der Waals surface area contributed by atoms with Gasteiger partial charge in [-0.3, -0.25) is 0 Å². The van der Waals surface area contributed by atoms with Crippen LogP contribution < -0.4 is 4.74 Å². The van der Waals surface area contributed by atoms with Crippen LogP contribution in [-0.2, 0) is 6.61 Å². The molecule has 3 aromatic carbocycles. The summed E-state index contributed by atoms with van der Waals surface area (Å²) in [4.78, 5) is 4.66. The molecule has 0 saturated carbocycles. The first-order chi connectivity index (χ1) is 16.1. The molecule has 6 heteroatoms. The molecule has 0 aliphatic carbocycles. The monoisotopic (exact) mass is 453 g/mol. The van der Waals surface area contributed by atoms with E-state index >= 15 is 0 Å². The lowest BCUT2D eigenvalue weighted by Crippen LogP contribution is -1.98. The number of nitrogens with zero attached hydrogens (tertiary/aromatic N) is 3. The van der Waals surface area contributed by atoms with Crippen molar-refractivity contribution in [3.63, 3.8) is 0 Å². The van der Waals surface area contributed by atoms with Crippen LogP contribution in [0, 0.1) is 6.92 Å². The smallest absolute Gasteiger partial charge is 0.248 e. The van der Waals surface area contributed by atoms with E-state index in [-0.39, 0.29) is 0 Å². The van der Waals surface area contributed by atoms with Gasteiger partial charge in [-0.05, 0) is 53.6 Å². The molecule has 2 heterocycles. The summed E-state index contributed by atoms with van der Waals surface area (Å²) in [5.41, 5.74) is 4.58. The maximum Gasteiger partial charge on any atom is 0.248 e. The van der Waals surface area contributed by atoms with Crippen LogP contribution in [0.1, 0.15) is 28.6 Å². The molecule has 0 radical (unpaired) electrons. The molecule has 0 spiro atoms. The highest BCUT2D eigenvalue weighted by molar-refractivity contribution is 6.30. The second-order valence-corrected chi connectivity index (χ2v) is 7.98. The number of benzene rings is 3. The number of ether oxygens (including phenoxy) is 1. The molecule has 0 saturated heterocycles. The van der Waals surface area contributed by atoms with Crippen LogP contribution >= 0.6 is 11.6 Å². The van der Waals surface area contributed by atoms with Gasteiger partial charge in [0.1, 0.15) is 12.4 Å². The number of hydrogen-bond donors (Lipinski definition) is 0. The van der Waals surface area contributed by atoms with Crippen LogP contribution in [0.3, 0.4) is 0 Å². The number of aryl methyl sites for hydroxylation is 1. The molecule has 0 N–H and O–H groups in total. The van der Waals surface area contributed by atoms with Crippen molar-refractivity contribution in [2.24, 2.45) is 0 Å². The first kappa shape index (κ1) is 20.9. The molecule has 162 valence electrons. The zero-order valence-corrected chi connectivity index (χ0v) is 18.7. The second kappa shape index (κ2) is 9.27. The quantitative estimate of drug-likeness (QED) is 0.266. The van der Waals surface area contributed by atoms with Crippen LogP contribution in [0.15, 0.2) is 89.3 Å². The Labute approximate surface area is 196 Å². The van der Waals surface area contributed by atoms with Gasteiger partial charge in [-0.2, -0.15) is 0 Å². The predicted molar refractivity (Wildman–Crippen MR) is 130 cm³/mol. The fourth-order valence-corrected chi connectivity index (χ4v) is 3.60. The van der Waals surface area contributed by atoms with E-state index < -0.39 is 0 Å². The molecule has 0 atom stereocenters. The molecule has 0 aliphatic heterocycles. The molecule has 0 unspecified atom stereocenters. The fourth-order valence-electron chi connectivity index (χ4n) is 3.48. The van der Waals surface area contributed by atoms with Gasteiger partial charge < -0.3 is 9.15 Å². The maximum atomic E-state index is 6.06. The highest BCUT2D eigenvalue weighted by atomic mass is 35.5. The minimum Gasteiger partial charge on any atom is -0.487 e. The largest absolute Gasteiger partial charge is 0.487 e. The number of para-hydroxylation sites is 1. The Kier molecular flexibility index (Phi) is 5.87. The molecule has 33 heavy (non-hydrogen) atoms. The summed E-state index contributed by atoms with van der Waals surface area (Å²) in [6.45, 7) is 2.17. The van der Waals surface area contributed by atoms with Crippen molar-refractivity contribution in [3.8, 4) is 5.75 Å². The zero-order valence-electron chi connectivity index (χ0n) is 17.9. The topological polar surface area (TPSA) is 61.0 Å². The molecular weight excluding hydrogens is 434 g/mol. The van der Waals surface area contributed by atoms with E-state index in [4.69, 9.17) is 20.8 Å². The fraction of sp³-hybridized carbons (Fsp3) is 0.0741. The van der Waals surface area contributed by atoms with Crippen LogP contribution in [0.4, 0.5) is 0 Å². The molecule has 2 aromatic heterocycles. The summed E-state index contributed by atoms with van der Waals surface area (Å²) in [7, 11) is 0. The van der Waals surface area contributed by atoms with Gasteiger partial charge in [0.25, 0.3) is 0 Å². The van der Waals surface area contributed by atoms with E-state index in [0.29, 0.717) is 23.4 Å². The molecule has 0 bridgehead atoms. The minimum atomic E-state index is 0.400. The number of rotatable bonds is 6. The molecule has 5 rings (SSSR count). The number of halogens is 1. The highest BCUT2D eigenvalue weighted by Gasteiger charge is 2.12. The first-order valence-corrected chi connectivity index (χ1v) is 10.9. The van der Waals surface area contributed by atoms with E-state index in [0.717, 1.165) is 39.0 Å². The van der Waals surface area contributed by atoms with Crippen LogP contribution in [0.5, 0.6) is 5.75 Å². The number of aromatic nitrogens is 3. The molecule has 0 fully saturated rings. The molecular formula is C27H20ClN3O2. The molecule has 0 aliphatic rings. The van der Waals surface area contributed by atoms with Crippen LogP contribution in [-0.4, -0.2) is 15.2 Å². The summed E-state index contributed by atoms with van der Waals surface area (Å²) in [6, 6.07) is 27.5. The predicted octanol–water partition coefficient (Wildman–Crippen LogP) is 6.75. The third kappa shape index (κ3) is 4.94. The van der Waals surface area contributed by atoms with E-state index in [9.17, 15) is 0 Å². The average Bonchev–Trinajstić information content (AvgIpc) is 3.28. The Morgan fingerprint density at radius 3 is 2.45 bits per heavy atom. The third-order valence-corrected chi connectivity index (χ3v) is 5.40. The van der Waals surface area contributed by atoms with Crippen LogP contribution in [0.25, 0.3) is 22.6 Å². The average molecular weight is 454 g/mol. The summed E-state index contributed by atoms with van der Waals surface area (Å²) in [6.07, 6.45) is 2.00. The summed E-state index contributed by atoms with van der Waals surface area (Å²) >= 11 is 6.06. The Balaban J connectivity index is 1.35. The maximum absolute atomic E-state index is 6.06. The minimum absolute atomic E-state index is 0.400. The number of fused-ring (bicyclic) bond motifs is 1. The van der Waals surface area contributed by atoms with Crippen molar-refractivity contribution >= 4 is 34.2 Å². The van der Waals surface area contributed by atoms with Gasteiger partial charge in [0.2, 0.25) is 11.8 Å². The van der Waals surface area contributed by atoms with Crippen molar-refractivity contribution in [3.05, 3.63) is 119 Å². The van der Waals surface area contributed by atoms with Gasteiger partial charge in [-0.25, -0.2) is 4.98 Å². The van der Waals surface area contributed by atoms with Gasteiger partial charge in [0.15, 0.2) is 0 Å². The van der Waals surface area contributed by atoms with Crippen molar-refractivity contribution in [2.45, 2.75) is 13.5 Å². The van der Waals surface area contributed by atoms with Crippen LogP contribution in [0.2, 0.25) is 5.02 Å². The van der Waals surface area contributed by atoms with Crippen molar-refractivity contribution in [2.75, 3.05) is 0 Å². The van der Waals surface area contributed by atoms with E-state index in [1.807, 2.05) is 84.9 Å². The Bertz CT molecular complexity index is 1420.